The van der Waals surface area contributed by atoms with Crippen molar-refractivity contribution in [1.29, 1.82) is 0 Å². The van der Waals surface area contributed by atoms with E-state index >= 15 is 0 Å². The first-order valence-corrected chi connectivity index (χ1v) is 9.39. The largest absolute Gasteiger partial charge is 0.332 e. The fourth-order valence-corrected chi connectivity index (χ4v) is 2.82. The molecule has 2 rings (SSSR count). The Bertz CT molecular complexity index is 790. The lowest BCUT2D eigenvalue weighted by atomic mass is 10.1. The lowest BCUT2D eigenvalue weighted by molar-refractivity contribution is 0.194. The van der Waals surface area contributed by atoms with E-state index < -0.39 is 9.84 Å². The van der Waals surface area contributed by atoms with Gasteiger partial charge in [-0.05, 0) is 36.8 Å². The number of aromatic nitrogens is 1. The highest BCUT2D eigenvalue weighted by Crippen LogP contribution is 2.20. The topological polar surface area (TPSA) is 79.4 Å². The molecule has 0 radical (unpaired) electrons. The van der Waals surface area contributed by atoms with Gasteiger partial charge in [-0.2, -0.15) is 0 Å². The van der Waals surface area contributed by atoms with Crippen LogP contribution in [0.15, 0.2) is 53.6 Å². The van der Waals surface area contributed by atoms with Crippen molar-refractivity contribution in [3.8, 4) is 0 Å². The SMILES string of the molecule is C[C@H](c1ccc(S(C)(=O)=O)cc1)N(C)C(=O)NCc1ccccn1. The molecule has 1 N–H and O–H groups in total. The number of rotatable bonds is 5. The van der Waals surface area contributed by atoms with Crippen molar-refractivity contribution in [2.45, 2.75) is 24.4 Å². The maximum absolute atomic E-state index is 12.2. The van der Waals surface area contributed by atoms with Crippen LogP contribution in [0.3, 0.4) is 0 Å². The van der Waals surface area contributed by atoms with Crippen LogP contribution >= 0.6 is 0 Å². The van der Waals surface area contributed by atoms with Crippen molar-refractivity contribution in [2.75, 3.05) is 13.3 Å². The van der Waals surface area contributed by atoms with Crippen molar-refractivity contribution >= 4 is 15.9 Å². The van der Waals surface area contributed by atoms with Gasteiger partial charge in [-0.1, -0.05) is 18.2 Å². The van der Waals surface area contributed by atoms with E-state index in [1.54, 1.807) is 42.4 Å². The molecule has 0 aliphatic rings. The van der Waals surface area contributed by atoms with E-state index in [4.69, 9.17) is 0 Å². The van der Waals surface area contributed by atoms with Gasteiger partial charge in [-0.15, -0.1) is 0 Å². The van der Waals surface area contributed by atoms with Crippen molar-refractivity contribution in [1.82, 2.24) is 15.2 Å². The van der Waals surface area contributed by atoms with E-state index in [0.717, 1.165) is 11.3 Å². The summed E-state index contributed by atoms with van der Waals surface area (Å²) in [4.78, 5) is 18.2. The molecule has 0 fully saturated rings. The first-order chi connectivity index (χ1) is 11.3. The van der Waals surface area contributed by atoms with Gasteiger partial charge < -0.3 is 10.2 Å². The molecule has 0 unspecified atom stereocenters. The first-order valence-electron chi connectivity index (χ1n) is 7.49. The molecule has 0 spiro atoms. The molecule has 24 heavy (non-hydrogen) atoms. The second kappa shape index (κ2) is 7.44. The van der Waals surface area contributed by atoms with Gasteiger partial charge in [0.25, 0.3) is 0 Å². The molecule has 6 nitrogen and oxygen atoms in total. The Labute approximate surface area is 142 Å². The van der Waals surface area contributed by atoms with Gasteiger partial charge >= 0.3 is 6.03 Å². The molecule has 1 aromatic heterocycles. The number of benzene rings is 1. The molecule has 0 bridgehead atoms. The summed E-state index contributed by atoms with van der Waals surface area (Å²) in [7, 11) is -1.52. The number of nitrogens with one attached hydrogen (secondary N) is 1. The lowest BCUT2D eigenvalue weighted by Gasteiger charge is -2.25. The van der Waals surface area contributed by atoms with Gasteiger partial charge in [0, 0.05) is 19.5 Å². The van der Waals surface area contributed by atoms with Gasteiger partial charge in [0.05, 0.1) is 23.2 Å². The standard InChI is InChI=1S/C17H21N3O3S/c1-13(14-7-9-16(10-8-14)24(3,22)23)20(2)17(21)19-12-15-6-4-5-11-18-15/h4-11,13H,12H2,1-3H3,(H,19,21)/t13-/m1/s1. The second-order valence-electron chi connectivity index (χ2n) is 5.61. The molecule has 1 atom stereocenters. The molecular weight excluding hydrogens is 326 g/mol. The average molecular weight is 347 g/mol. The zero-order valence-electron chi connectivity index (χ0n) is 13.9. The summed E-state index contributed by atoms with van der Waals surface area (Å²) < 4.78 is 23.0. The van der Waals surface area contributed by atoms with Crippen molar-refractivity contribution < 1.29 is 13.2 Å². The summed E-state index contributed by atoms with van der Waals surface area (Å²) in [6.45, 7) is 2.24. The van der Waals surface area contributed by atoms with Crippen molar-refractivity contribution in [3.05, 3.63) is 59.9 Å². The third-order valence-corrected chi connectivity index (χ3v) is 4.97. The Balaban J connectivity index is 2.00. The number of sulfone groups is 1. The van der Waals surface area contributed by atoms with Crippen LogP contribution in [0, 0.1) is 0 Å². The van der Waals surface area contributed by atoms with Gasteiger partial charge in [0.2, 0.25) is 0 Å². The predicted molar refractivity (Wildman–Crippen MR) is 92.2 cm³/mol. The van der Waals surface area contributed by atoms with Crippen LogP contribution in [-0.4, -0.2) is 37.6 Å². The van der Waals surface area contributed by atoms with Gasteiger partial charge in [0.15, 0.2) is 9.84 Å². The van der Waals surface area contributed by atoms with Crippen LogP contribution in [0.2, 0.25) is 0 Å². The maximum atomic E-state index is 12.2. The number of nitrogens with zero attached hydrogens (tertiary/aromatic N) is 2. The fraction of sp³-hybridized carbons (Fsp3) is 0.294. The smallest absolute Gasteiger partial charge is 0.317 e. The fourth-order valence-electron chi connectivity index (χ4n) is 2.19. The third kappa shape index (κ3) is 4.55. The monoisotopic (exact) mass is 347 g/mol. The van der Waals surface area contributed by atoms with Gasteiger partial charge in [0.1, 0.15) is 0 Å². The Morgan fingerprint density at radius 2 is 1.88 bits per heavy atom. The van der Waals surface area contributed by atoms with Crippen LogP contribution in [0.4, 0.5) is 4.79 Å². The molecular formula is C17H21N3O3S. The van der Waals surface area contributed by atoms with E-state index in [0.29, 0.717) is 6.54 Å². The van der Waals surface area contributed by atoms with Gasteiger partial charge in [-0.3, -0.25) is 4.98 Å². The zero-order valence-corrected chi connectivity index (χ0v) is 14.7. The highest BCUT2D eigenvalue weighted by molar-refractivity contribution is 7.90. The molecule has 2 aromatic rings. The third-order valence-electron chi connectivity index (χ3n) is 3.84. The second-order valence-corrected chi connectivity index (χ2v) is 7.62. The van der Waals surface area contributed by atoms with E-state index in [1.807, 2.05) is 25.1 Å². The van der Waals surface area contributed by atoms with E-state index in [9.17, 15) is 13.2 Å². The minimum atomic E-state index is -3.22. The number of carbonyl (C=O) groups is 1. The highest BCUT2D eigenvalue weighted by Gasteiger charge is 2.18. The Hall–Kier alpha value is -2.41. The number of hydrogen-bond acceptors (Lipinski definition) is 4. The summed E-state index contributed by atoms with van der Waals surface area (Å²) in [5, 5.41) is 2.81. The number of urea groups is 1. The minimum absolute atomic E-state index is 0.192. The molecule has 128 valence electrons. The highest BCUT2D eigenvalue weighted by atomic mass is 32.2. The Morgan fingerprint density at radius 3 is 2.42 bits per heavy atom. The van der Waals surface area contributed by atoms with Crippen LogP contribution in [0.5, 0.6) is 0 Å². The summed E-state index contributed by atoms with van der Waals surface area (Å²) in [5.41, 5.74) is 1.64. The molecule has 2 amide bonds. The molecule has 0 aliphatic heterocycles. The summed E-state index contributed by atoms with van der Waals surface area (Å²) in [6.07, 6.45) is 2.85. The number of pyridine rings is 1. The minimum Gasteiger partial charge on any atom is -0.332 e. The predicted octanol–water partition coefficient (Wildman–Crippen LogP) is 2.39. The molecule has 0 saturated carbocycles. The van der Waals surface area contributed by atoms with Crippen LogP contribution in [-0.2, 0) is 16.4 Å². The quantitative estimate of drug-likeness (QED) is 0.901. The van der Waals surface area contributed by atoms with Crippen LogP contribution < -0.4 is 5.32 Å². The molecule has 1 heterocycles. The summed E-state index contributed by atoms with van der Waals surface area (Å²) >= 11 is 0. The molecule has 0 saturated heterocycles. The van der Waals surface area contributed by atoms with Gasteiger partial charge in [-0.25, -0.2) is 13.2 Å². The molecule has 0 aliphatic carbocycles. The number of carbonyl (C=O) groups excluding carboxylic acids is 1. The van der Waals surface area contributed by atoms with Crippen molar-refractivity contribution in [2.24, 2.45) is 0 Å². The molecule has 7 heteroatoms. The summed E-state index contributed by atoms with van der Waals surface area (Å²) in [5.74, 6) is 0. The number of amides is 2. The average Bonchev–Trinajstić information content (AvgIpc) is 2.58. The van der Waals surface area contributed by atoms with Crippen LogP contribution in [0.1, 0.15) is 24.2 Å². The maximum Gasteiger partial charge on any atom is 0.317 e. The Morgan fingerprint density at radius 1 is 1.21 bits per heavy atom. The lowest BCUT2D eigenvalue weighted by Crippen LogP contribution is -2.38. The van der Waals surface area contributed by atoms with Crippen molar-refractivity contribution in [3.63, 3.8) is 0 Å². The van der Waals surface area contributed by atoms with E-state index in [2.05, 4.69) is 10.3 Å². The van der Waals surface area contributed by atoms with E-state index in [1.165, 1.54) is 6.26 Å². The summed E-state index contributed by atoms with van der Waals surface area (Å²) in [6, 6.07) is 11.7. The molecule has 1 aromatic carbocycles. The number of hydrogen-bond donors (Lipinski definition) is 1. The van der Waals surface area contributed by atoms with Crippen LogP contribution in [0.25, 0.3) is 0 Å². The normalized spacial score (nSPS) is 12.5. The Kier molecular flexibility index (Phi) is 5.56. The zero-order chi connectivity index (χ0) is 17.7. The first kappa shape index (κ1) is 17.9. The van der Waals surface area contributed by atoms with E-state index in [-0.39, 0.29) is 17.0 Å².